The van der Waals surface area contributed by atoms with Crippen LogP contribution in [0, 0.1) is 11.3 Å². The number of alkyl halides is 1. The molecule has 0 spiro atoms. The van der Waals surface area contributed by atoms with E-state index in [1.807, 2.05) is 0 Å². The normalized spacial score (nSPS) is 6.89. The first-order chi connectivity index (χ1) is 3.91. The molecular weight excluding hydrogens is 167 g/mol. The molecule has 0 aliphatic heterocycles. The zero-order chi connectivity index (χ0) is 6.24. The molecule has 0 heterocycles. The van der Waals surface area contributed by atoms with E-state index < -0.39 is 0 Å². The van der Waals surface area contributed by atoms with E-state index in [0.29, 0.717) is 0 Å². The Morgan fingerprint density at radius 3 is 2.44 bits per heavy atom. The van der Waals surface area contributed by atoms with Crippen molar-refractivity contribution in [2.24, 2.45) is 0 Å². The second-order valence-electron chi connectivity index (χ2n) is 1.42. The molecule has 0 aromatic heterocycles. The van der Waals surface area contributed by atoms with E-state index in [0.717, 1.165) is 25.1 Å². The molecule has 50 valence electrons. The Labute approximate surface area is 85.4 Å². The van der Waals surface area contributed by atoms with E-state index >= 15 is 0 Å². The molecule has 0 saturated carbocycles. The zero-order valence-electron chi connectivity index (χ0n) is 7.29. The molecule has 0 aliphatic carbocycles. The maximum atomic E-state index is 5.40. The van der Waals surface area contributed by atoms with Crippen LogP contribution in [0.3, 0.4) is 0 Å². The first-order valence-corrected chi connectivity index (χ1v) is 3.47. The van der Waals surface area contributed by atoms with Gasteiger partial charge in [-0.3, -0.25) is 0 Å². The van der Waals surface area contributed by atoms with Gasteiger partial charge in [-0.15, -0.1) is 11.6 Å². The molecule has 0 aromatic rings. The summed E-state index contributed by atoms with van der Waals surface area (Å²) in [5.41, 5.74) is 0. The zero-order valence-corrected chi connectivity index (χ0v) is 8.22. The molecule has 0 atom stereocenters. The molecule has 0 amide bonds. The monoisotopic (exact) mass is 176 g/mol. The van der Waals surface area contributed by atoms with Gasteiger partial charge in [-0.25, -0.2) is 0 Å². The second kappa shape index (κ2) is 11.7. The van der Waals surface area contributed by atoms with Crippen molar-refractivity contribution in [2.45, 2.75) is 19.3 Å². The predicted molar refractivity (Wildman–Crippen MR) is 46.2 cm³/mol. The van der Waals surface area contributed by atoms with Crippen LogP contribution in [-0.2, 0) is 0 Å². The van der Waals surface area contributed by atoms with E-state index in [9.17, 15) is 0 Å². The van der Waals surface area contributed by atoms with Crippen molar-refractivity contribution in [3.63, 3.8) is 0 Å². The molecule has 0 bridgehead atoms. The van der Waals surface area contributed by atoms with Crippen LogP contribution in [0.15, 0.2) is 0 Å². The average molecular weight is 177 g/mol. The summed E-state index contributed by atoms with van der Waals surface area (Å²) >= 11 is 10.5. The Morgan fingerprint density at radius 2 is 2.00 bits per heavy atom. The van der Waals surface area contributed by atoms with E-state index in [1.165, 1.54) is 0 Å². The summed E-state index contributed by atoms with van der Waals surface area (Å²) < 4.78 is 0. The maximum absolute atomic E-state index is 5.40. The molecule has 0 rings (SSSR count). The van der Waals surface area contributed by atoms with Crippen LogP contribution in [-0.4, -0.2) is 28.9 Å². The number of hydrogen-bond donors (Lipinski definition) is 0. The van der Waals surface area contributed by atoms with Gasteiger partial charge in [-0.2, -0.15) is 0 Å². The van der Waals surface area contributed by atoms with Crippen LogP contribution < -0.4 is 0 Å². The minimum absolute atomic E-state index is 0. The standard InChI is InChI=1S/C6H8Cl2.Mg.2H/c7-5-3-1-2-4-6-8;;;/h1-3,5H2;;;/q;+2;2*-1. The molecule has 0 saturated heterocycles. The average Bonchev–Trinajstić information content (AvgIpc) is 1.81. The minimum atomic E-state index is 0. The van der Waals surface area contributed by atoms with Crippen molar-refractivity contribution in [1.29, 1.82) is 0 Å². The largest absolute Gasteiger partial charge is 2.00 e. The number of unbranched alkanes of at least 4 members (excludes halogenated alkanes) is 2. The molecule has 0 fully saturated rings. The van der Waals surface area contributed by atoms with Crippen molar-refractivity contribution in [3.05, 3.63) is 0 Å². The van der Waals surface area contributed by atoms with Gasteiger partial charge < -0.3 is 2.85 Å². The van der Waals surface area contributed by atoms with Crippen molar-refractivity contribution in [1.82, 2.24) is 0 Å². The van der Waals surface area contributed by atoms with Crippen LogP contribution in [0.4, 0.5) is 0 Å². The van der Waals surface area contributed by atoms with Crippen molar-refractivity contribution in [2.75, 3.05) is 5.88 Å². The molecule has 0 N–H and O–H groups in total. The minimum Gasteiger partial charge on any atom is -1.00 e. The fraction of sp³-hybridized carbons (Fsp3) is 0.667. The predicted octanol–water partition coefficient (Wildman–Crippen LogP) is 2.44. The molecule has 0 radical (unpaired) electrons. The van der Waals surface area contributed by atoms with Gasteiger partial charge in [0.05, 0.1) is 0 Å². The Kier molecular flexibility index (Phi) is 16.3. The Bertz CT molecular complexity index is 100. The smallest absolute Gasteiger partial charge is 1.00 e. The Balaban J connectivity index is -0.0000000817. The summed E-state index contributed by atoms with van der Waals surface area (Å²) in [6.45, 7) is 0. The molecule has 0 aliphatic rings. The third-order valence-electron chi connectivity index (χ3n) is 0.752. The Hall–Kier alpha value is 0.906. The van der Waals surface area contributed by atoms with E-state index in [2.05, 4.69) is 11.3 Å². The molecule has 0 aromatic carbocycles. The summed E-state index contributed by atoms with van der Waals surface area (Å²) in [7, 11) is 0. The third-order valence-corrected chi connectivity index (χ3v) is 1.15. The molecule has 3 heteroatoms. The first-order valence-electron chi connectivity index (χ1n) is 2.56. The summed E-state index contributed by atoms with van der Waals surface area (Å²) in [4.78, 5) is 0. The summed E-state index contributed by atoms with van der Waals surface area (Å²) in [5, 5.41) is 2.31. The van der Waals surface area contributed by atoms with Crippen LogP contribution in [0.25, 0.3) is 0 Å². The van der Waals surface area contributed by atoms with Gasteiger partial charge >= 0.3 is 23.1 Å². The van der Waals surface area contributed by atoms with Crippen LogP contribution in [0.1, 0.15) is 22.1 Å². The van der Waals surface area contributed by atoms with Crippen LogP contribution >= 0.6 is 23.2 Å². The fourth-order valence-corrected chi connectivity index (χ4v) is 0.639. The van der Waals surface area contributed by atoms with Gasteiger partial charge in [-0.1, -0.05) is 5.92 Å². The van der Waals surface area contributed by atoms with Gasteiger partial charge in [0.15, 0.2) is 0 Å². The topological polar surface area (TPSA) is 0 Å². The molecule has 0 unspecified atom stereocenters. The second-order valence-corrected chi connectivity index (χ2v) is 1.98. The van der Waals surface area contributed by atoms with Gasteiger partial charge in [0.2, 0.25) is 0 Å². The van der Waals surface area contributed by atoms with Crippen molar-refractivity contribution < 1.29 is 2.85 Å². The molecular formula is C6H10Cl2Mg. The quantitative estimate of drug-likeness (QED) is 0.269. The first kappa shape index (κ1) is 12.6. The maximum Gasteiger partial charge on any atom is 2.00 e. The van der Waals surface area contributed by atoms with Crippen molar-refractivity contribution >= 4 is 46.3 Å². The number of rotatable bonds is 3. The van der Waals surface area contributed by atoms with Gasteiger partial charge in [0, 0.05) is 17.7 Å². The number of halogens is 2. The van der Waals surface area contributed by atoms with E-state index in [4.69, 9.17) is 23.2 Å². The van der Waals surface area contributed by atoms with Gasteiger partial charge in [0.1, 0.15) is 0 Å². The fourth-order valence-electron chi connectivity index (χ4n) is 0.355. The van der Waals surface area contributed by atoms with E-state index in [-0.39, 0.29) is 25.9 Å². The Morgan fingerprint density at radius 1 is 1.33 bits per heavy atom. The summed E-state index contributed by atoms with van der Waals surface area (Å²) in [6, 6.07) is 0. The summed E-state index contributed by atoms with van der Waals surface area (Å²) in [5.74, 6) is 3.47. The summed E-state index contributed by atoms with van der Waals surface area (Å²) in [6.07, 6.45) is 2.96. The van der Waals surface area contributed by atoms with Crippen molar-refractivity contribution in [3.8, 4) is 11.3 Å². The van der Waals surface area contributed by atoms with E-state index in [1.54, 1.807) is 0 Å². The SMILES string of the molecule is ClC#CCCCCCl.[H-].[H-].[Mg+2]. The van der Waals surface area contributed by atoms with Crippen LogP contribution in [0.2, 0.25) is 0 Å². The van der Waals surface area contributed by atoms with Crippen LogP contribution in [0.5, 0.6) is 0 Å². The molecule has 9 heavy (non-hydrogen) atoms. The third kappa shape index (κ3) is 12.2. The molecule has 0 nitrogen and oxygen atoms in total. The number of hydrogen-bond acceptors (Lipinski definition) is 0. The van der Waals surface area contributed by atoms with Gasteiger partial charge in [-0.05, 0) is 24.4 Å². The van der Waals surface area contributed by atoms with Gasteiger partial charge in [0.25, 0.3) is 0 Å².